The maximum atomic E-state index is 11.4. The molecular weight excluding hydrogens is 496 g/mol. The summed E-state index contributed by atoms with van der Waals surface area (Å²) in [6.07, 6.45) is 3.77. The van der Waals surface area contributed by atoms with Gasteiger partial charge in [-0.25, -0.2) is 9.48 Å². The van der Waals surface area contributed by atoms with Crippen LogP contribution in [0.3, 0.4) is 0 Å². The minimum atomic E-state index is -0.962. The first kappa shape index (κ1) is 24.8. The van der Waals surface area contributed by atoms with Crippen LogP contribution in [-0.4, -0.2) is 27.1 Å². The lowest BCUT2D eigenvalue weighted by atomic mass is 10.0. The minimum Gasteiger partial charge on any atom is -0.478 e. The highest BCUT2D eigenvalue weighted by Gasteiger charge is 2.14. The number of anilines is 1. The molecule has 0 saturated heterocycles. The number of aromatic nitrogens is 2. The molecule has 0 unspecified atom stereocenters. The van der Waals surface area contributed by atoms with Crippen molar-refractivity contribution in [2.75, 3.05) is 5.01 Å². The lowest BCUT2D eigenvalue weighted by Crippen LogP contribution is -2.16. The van der Waals surface area contributed by atoms with Gasteiger partial charge in [0.1, 0.15) is 5.69 Å². The van der Waals surface area contributed by atoms with Crippen molar-refractivity contribution in [2.45, 2.75) is 6.54 Å². The molecule has 6 heteroatoms. The molecule has 6 nitrogen and oxygen atoms in total. The van der Waals surface area contributed by atoms with Crippen LogP contribution in [0.15, 0.2) is 139 Å². The highest BCUT2D eigenvalue weighted by Crippen LogP contribution is 2.27. The van der Waals surface area contributed by atoms with Crippen molar-refractivity contribution in [1.82, 2.24) is 9.78 Å². The second-order valence-electron chi connectivity index (χ2n) is 9.41. The lowest BCUT2D eigenvalue weighted by molar-refractivity contribution is 0.0697. The monoisotopic (exact) mass is 522 g/mol. The fraction of sp³-hybridized carbons (Fsp3) is 0.0294. The second kappa shape index (κ2) is 11.1. The van der Waals surface area contributed by atoms with Crippen LogP contribution >= 0.6 is 0 Å². The Hall–Kier alpha value is -5.49. The van der Waals surface area contributed by atoms with Crippen molar-refractivity contribution in [3.63, 3.8) is 0 Å². The molecule has 0 aliphatic rings. The van der Waals surface area contributed by atoms with Gasteiger partial charge in [0.05, 0.1) is 29.7 Å². The first-order valence-electron chi connectivity index (χ1n) is 13.0. The molecular formula is C34H26N4O2. The zero-order chi connectivity index (χ0) is 27.3. The van der Waals surface area contributed by atoms with Crippen LogP contribution in [0.25, 0.3) is 27.7 Å². The summed E-state index contributed by atoms with van der Waals surface area (Å²) in [4.78, 5) is 11.4. The molecule has 1 N–H and O–H groups in total. The average molecular weight is 523 g/mol. The summed E-state index contributed by atoms with van der Waals surface area (Å²) < 4.78 is 1.77. The van der Waals surface area contributed by atoms with E-state index in [1.54, 1.807) is 28.9 Å². The van der Waals surface area contributed by atoms with Gasteiger partial charge in [0.2, 0.25) is 0 Å². The van der Waals surface area contributed by atoms with Gasteiger partial charge in [-0.2, -0.15) is 10.2 Å². The van der Waals surface area contributed by atoms with Crippen molar-refractivity contribution in [1.29, 1.82) is 0 Å². The number of rotatable bonds is 8. The Morgan fingerprint density at radius 2 is 1.48 bits per heavy atom. The van der Waals surface area contributed by atoms with Crippen LogP contribution in [0.4, 0.5) is 5.69 Å². The number of hydrogen-bond acceptors (Lipinski definition) is 4. The summed E-state index contributed by atoms with van der Waals surface area (Å²) >= 11 is 0. The van der Waals surface area contributed by atoms with E-state index in [0.29, 0.717) is 6.54 Å². The number of fused-ring (bicyclic) bond motifs is 1. The van der Waals surface area contributed by atoms with Crippen LogP contribution < -0.4 is 5.01 Å². The summed E-state index contributed by atoms with van der Waals surface area (Å²) in [5.41, 5.74) is 5.70. The molecule has 194 valence electrons. The number of carboxylic acid groups (broad SMARTS) is 1. The Morgan fingerprint density at radius 1 is 0.800 bits per heavy atom. The van der Waals surface area contributed by atoms with Gasteiger partial charge in [0, 0.05) is 17.3 Å². The highest BCUT2D eigenvalue weighted by molar-refractivity contribution is 5.93. The molecule has 0 atom stereocenters. The van der Waals surface area contributed by atoms with Crippen molar-refractivity contribution >= 4 is 28.6 Å². The van der Waals surface area contributed by atoms with Gasteiger partial charge >= 0.3 is 5.97 Å². The number of hydrogen-bond donors (Lipinski definition) is 1. The largest absolute Gasteiger partial charge is 0.478 e. The number of benzene rings is 5. The number of carboxylic acids is 1. The predicted molar refractivity (Wildman–Crippen MR) is 160 cm³/mol. The smallest absolute Gasteiger partial charge is 0.335 e. The van der Waals surface area contributed by atoms with Crippen LogP contribution in [0.5, 0.6) is 0 Å². The van der Waals surface area contributed by atoms with Crippen LogP contribution in [-0.2, 0) is 6.54 Å². The summed E-state index contributed by atoms with van der Waals surface area (Å²) in [7, 11) is 0. The van der Waals surface area contributed by atoms with Gasteiger partial charge in [0.25, 0.3) is 0 Å². The second-order valence-corrected chi connectivity index (χ2v) is 9.41. The van der Waals surface area contributed by atoms with Gasteiger partial charge in [-0.1, -0.05) is 84.9 Å². The molecule has 0 fully saturated rings. The molecule has 0 aliphatic carbocycles. The number of nitrogens with zero attached hydrogens (tertiary/aromatic N) is 4. The molecule has 0 bridgehead atoms. The molecule has 0 aliphatic heterocycles. The molecule has 1 aromatic heterocycles. The highest BCUT2D eigenvalue weighted by atomic mass is 16.4. The Balaban J connectivity index is 1.43. The maximum Gasteiger partial charge on any atom is 0.335 e. The third kappa shape index (κ3) is 5.37. The van der Waals surface area contributed by atoms with Crippen molar-refractivity contribution in [3.8, 4) is 16.9 Å². The summed E-state index contributed by atoms with van der Waals surface area (Å²) in [5, 5.41) is 23.4. The molecule has 6 rings (SSSR count). The topological polar surface area (TPSA) is 70.7 Å². The quantitative estimate of drug-likeness (QED) is 0.167. The zero-order valence-electron chi connectivity index (χ0n) is 21.6. The van der Waals surface area contributed by atoms with Gasteiger partial charge in [-0.05, 0) is 58.8 Å². The van der Waals surface area contributed by atoms with Gasteiger partial charge in [0.15, 0.2) is 0 Å². The Bertz CT molecular complexity index is 1790. The summed E-state index contributed by atoms with van der Waals surface area (Å²) in [6, 6.07) is 41.5. The molecule has 1 heterocycles. The van der Waals surface area contributed by atoms with E-state index in [1.807, 2.05) is 78.1 Å². The van der Waals surface area contributed by atoms with E-state index in [1.165, 1.54) is 0 Å². The van der Waals surface area contributed by atoms with Crippen molar-refractivity contribution in [3.05, 3.63) is 150 Å². The standard InChI is InChI=1S/C34H26N4O2/c39-34(40)27-17-19-32(20-18-27)38-24-30(33(36-38)29-16-15-26-11-7-8-12-28(26)21-29)22-35-37(31-13-5-2-6-14-31)23-25-9-3-1-4-10-25/h1-22,24H,23H2,(H,39,40)/b35-22+. The first-order valence-corrected chi connectivity index (χ1v) is 13.0. The summed E-state index contributed by atoms with van der Waals surface area (Å²) in [5.74, 6) is -0.962. The maximum absolute atomic E-state index is 11.4. The Kier molecular flexibility index (Phi) is 6.88. The van der Waals surface area contributed by atoms with E-state index >= 15 is 0 Å². The van der Waals surface area contributed by atoms with E-state index in [-0.39, 0.29) is 5.56 Å². The molecule has 0 saturated carbocycles. The third-order valence-corrected chi connectivity index (χ3v) is 6.71. The molecule has 0 amide bonds. The molecule has 0 radical (unpaired) electrons. The Morgan fingerprint density at radius 3 is 2.20 bits per heavy atom. The molecule has 40 heavy (non-hydrogen) atoms. The van der Waals surface area contributed by atoms with E-state index in [9.17, 15) is 9.90 Å². The Labute approximate surface area is 232 Å². The lowest BCUT2D eigenvalue weighted by Gasteiger charge is -2.19. The SMILES string of the molecule is O=C(O)c1ccc(-n2cc(/C=N/N(Cc3ccccc3)c3ccccc3)c(-c3ccc4ccccc4c3)n2)cc1. The van der Waals surface area contributed by atoms with E-state index in [2.05, 4.69) is 42.5 Å². The normalized spacial score (nSPS) is 11.2. The van der Waals surface area contributed by atoms with Crippen molar-refractivity contribution < 1.29 is 9.90 Å². The van der Waals surface area contributed by atoms with Crippen molar-refractivity contribution in [2.24, 2.45) is 5.10 Å². The zero-order valence-corrected chi connectivity index (χ0v) is 21.6. The number of hydrazone groups is 1. The van der Waals surface area contributed by atoms with E-state index in [4.69, 9.17) is 10.2 Å². The fourth-order valence-electron chi connectivity index (χ4n) is 4.62. The molecule has 0 spiro atoms. The van der Waals surface area contributed by atoms with Crippen LogP contribution in [0, 0.1) is 0 Å². The average Bonchev–Trinajstić information content (AvgIpc) is 3.44. The van der Waals surface area contributed by atoms with Gasteiger partial charge in [-0.3, -0.25) is 5.01 Å². The third-order valence-electron chi connectivity index (χ3n) is 6.71. The number of aromatic carboxylic acids is 1. The number of para-hydroxylation sites is 1. The summed E-state index contributed by atoms with van der Waals surface area (Å²) in [6.45, 7) is 0.609. The van der Waals surface area contributed by atoms with Gasteiger partial charge in [-0.15, -0.1) is 0 Å². The predicted octanol–water partition coefficient (Wildman–Crippen LogP) is 7.43. The van der Waals surface area contributed by atoms with E-state index < -0.39 is 5.97 Å². The van der Waals surface area contributed by atoms with Crippen LogP contribution in [0.2, 0.25) is 0 Å². The first-order chi connectivity index (χ1) is 19.6. The molecule has 5 aromatic carbocycles. The van der Waals surface area contributed by atoms with E-state index in [0.717, 1.165) is 44.5 Å². The van der Waals surface area contributed by atoms with Crippen LogP contribution in [0.1, 0.15) is 21.5 Å². The van der Waals surface area contributed by atoms with Gasteiger partial charge < -0.3 is 5.11 Å². The minimum absolute atomic E-state index is 0.229. The number of carbonyl (C=O) groups is 1. The molecule has 6 aromatic rings. The fourth-order valence-corrected chi connectivity index (χ4v) is 4.62.